The highest BCUT2D eigenvalue weighted by Crippen LogP contribution is 2.27. The van der Waals surface area contributed by atoms with Crippen molar-refractivity contribution in [3.63, 3.8) is 0 Å². The molecule has 1 amide bonds. The number of nitrogens with two attached hydrogens (primary N) is 1. The van der Waals surface area contributed by atoms with Crippen molar-refractivity contribution in [3.8, 4) is 0 Å². The third-order valence-corrected chi connectivity index (χ3v) is 2.73. The van der Waals surface area contributed by atoms with Gasteiger partial charge in [-0.05, 0) is 5.56 Å². The molecule has 2 heterocycles. The molecule has 1 aliphatic heterocycles. The molecule has 76 valence electrons. The lowest BCUT2D eigenvalue weighted by Crippen LogP contribution is -2.28. The van der Waals surface area contributed by atoms with Crippen molar-refractivity contribution in [2.75, 3.05) is 13.1 Å². The Morgan fingerprint density at radius 1 is 1.71 bits per heavy atom. The summed E-state index contributed by atoms with van der Waals surface area (Å²) in [6.07, 6.45) is 3.74. The first-order valence-corrected chi connectivity index (χ1v) is 4.67. The highest BCUT2D eigenvalue weighted by molar-refractivity contribution is 5.78. The van der Waals surface area contributed by atoms with Crippen LogP contribution in [-0.4, -0.2) is 28.8 Å². The summed E-state index contributed by atoms with van der Waals surface area (Å²) in [6, 6.07) is 0. The molecule has 0 bridgehead atoms. The number of rotatable bonds is 2. The van der Waals surface area contributed by atoms with Gasteiger partial charge in [0, 0.05) is 32.3 Å². The monoisotopic (exact) mass is 194 g/mol. The average molecular weight is 194 g/mol. The molecule has 0 saturated carbocycles. The van der Waals surface area contributed by atoms with E-state index >= 15 is 0 Å². The third-order valence-electron chi connectivity index (χ3n) is 2.73. The summed E-state index contributed by atoms with van der Waals surface area (Å²) >= 11 is 0. The van der Waals surface area contributed by atoms with E-state index in [9.17, 15) is 4.79 Å². The first kappa shape index (κ1) is 9.21. The van der Waals surface area contributed by atoms with E-state index in [0.717, 1.165) is 12.1 Å². The lowest BCUT2D eigenvalue weighted by Gasteiger charge is -2.12. The second-order valence-electron chi connectivity index (χ2n) is 3.72. The quantitative estimate of drug-likeness (QED) is 0.648. The minimum absolute atomic E-state index is 0.0980. The standard InChI is InChI=1S/C9H14N4O/c1-13-5-6(2-12-13)7-3-11-4-8(7)9(10)14/h2,5,7-8,11H,3-4H2,1H3,(H2,10,14)/t7-,8-/m1/s1. The van der Waals surface area contributed by atoms with Gasteiger partial charge >= 0.3 is 0 Å². The zero-order valence-corrected chi connectivity index (χ0v) is 8.10. The van der Waals surface area contributed by atoms with Gasteiger partial charge in [-0.3, -0.25) is 9.48 Å². The molecule has 2 atom stereocenters. The maximum atomic E-state index is 11.1. The topological polar surface area (TPSA) is 72.9 Å². The Balaban J connectivity index is 2.21. The predicted molar refractivity (Wildman–Crippen MR) is 51.5 cm³/mol. The fourth-order valence-electron chi connectivity index (χ4n) is 1.96. The number of nitrogens with one attached hydrogen (secondary N) is 1. The summed E-state index contributed by atoms with van der Waals surface area (Å²) < 4.78 is 1.74. The summed E-state index contributed by atoms with van der Waals surface area (Å²) in [6.45, 7) is 1.48. The molecule has 1 aliphatic rings. The van der Waals surface area contributed by atoms with Gasteiger partial charge < -0.3 is 11.1 Å². The Bertz CT molecular complexity index is 346. The summed E-state index contributed by atoms with van der Waals surface area (Å²) in [7, 11) is 1.87. The Morgan fingerprint density at radius 2 is 2.50 bits per heavy atom. The SMILES string of the molecule is Cn1cc([C@H]2CNC[C@H]2C(N)=O)cn1. The maximum absolute atomic E-state index is 11.1. The van der Waals surface area contributed by atoms with Crippen LogP contribution >= 0.6 is 0 Å². The van der Waals surface area contributed by atoms with E-state index in [0.29, 0.717) is 6.54 Å². The number of carbonyl (C=O) groups is 1. The predicted octanol–water partition coefficient (Wildman–Crippen LogP) is -0.792. The Morgan fingerprint density at radius 3 is 3.07 bits per heavy atom. The van der Waals surface area contributed by atoms with Crippen LogP contribution in [0.3, 0.4) is 0 Å². The van der Waals surface area contributed by atoms with E-state index in [2.05, 4.69) is 10.4 Å². The first-order valence-electron chi connectivity index (χ1n) is 4.67. The smallest absolute Gasteiger partial charge is 0.222 e. The van der Waals surface area contributed by atoms with Crippen molar-refractivity contribution in [2.45, 2.75) is 5.92 Å². The maximum Gasteiger partial charge on any atom is 0.222 e. The molecule has 2 rings (SSSR count). The number of carbonyl (C=O) groups excluding carboxylic acids is 1. The summed E-state index contributed by atoms with van der Waals surface area (Å²) in [5.41, 5.74) is 6.41. The molecule has 0 unspecified atom stereocenters. The van der Waals surface area contributed by atoms with E-state index in [1.807, 2.05) is 13.2 Å². The van der Waals surface area contributed by atoms with Crippen LogP contribution in [0.15, 0.2) is 12.4 Å². The van der Waals surface area contributed by atoms with Gasteiger partial charge in [-0.2, -0.15) is 5.10 Å². The molecule has 14 heavy (non-hydrogen) atoms. The van der Waals surface area contributed by atoms with Gasteiger partial charge in [0.05, 0.1) is 12.1 Å². The Labute approximate surface area is 82.3 Å². The number of hydrogen-bond acceptors (Lipinski definition) is 3. The van der Waals surface area contributed by atoms with E-state index in [1.54, 1.807) is 10.9 Å². The fourth-order valence-corrected chi connectivity index (χ4v) is 1.96. The van der Waals surface area contributed by atoms with Crippen LogP contribution in [0.1, 0.15) is 11.5 Å². The van der Waals surface area contributed by atoms with Crippen LogP contribution in [0.2, 0.25) is 0 Å². The highest BCUT2D eigenvalue weighted by atomic mass is 16.1. The lowest BCUT2D eigenvalue weighted by atomic mass is 9.90. The summed E-state index contributed by atoms with van der Waals surface area (Å²) in [4.78, 5) is 11.1. The van der Waals surface area contributed by atoms with Gasteiger partial charge in [-0.1, -0.05) is 0 Å². The third kappa shape index (κ3) is 1.50. The van der Waals surface area contributed by atoms with Crippen molar-refractivity contribution in [1.82, 2.24) is 15.1 Å². The Kier molecular flexibility index (Phi) is 2.25. The van der Waals surface area contributed by atoms with Crippen molar-refractivity contribution in [3.05, 3.63) is 18.0 Å². The number of hydrogen-bond donors (Lipinski definition) is 2. The van der Waals surface area contributed by atoms with Crippen LogP contribution in [0.25, 0.3) is 0 Å². The number of amides is 1. The molecule has 1 saturated heterocycles. The van der Waals surface area contributed by atoms with Crippen molar-refractivity contribution in [1.29, 1.82) is 0 Å². The van der Waals surface area contributed by atoms with Crippen molar-refractivity contribution in [2.24, 2.45) is 18.7 Å². The molecular formula is C9H14N4O. The van der Waals surface area contributed by atoms with E-state index < -0.39 is 0 Å². The lowest BCUT2D eigenvalue weighted by molar-refractivity contribution is -0.121. The minimum atomic E-state index is -0.233. The van der Waals surface area contributed by atoms with Crippen molar-refractivity contribution < 1.29 is 4.79 Å². The fraction of sp³-hybridized carbons (Fsp3) is 0.556. The normalized spacial score (nSPS) is 26.6. The average Bonchev–Trinajstić information content (AvgIpc) is 2.70. The van der Waals surface area contributed by atoms with E-state index in [-0.39, 0.29) is 17.7 Å². The van der Waals surface area contributed by atoms with Gasteiger partial charge in [0.15, 0.2) is 0 Å². The molecule has 0 spiro atoms. The van der Waals surface area contributed by atoms with Crippen LogP contribution in [0, 0.1) is 5.92 Å². The first-order chi connectivity index (χ1) is 6.68. The van der Waals surface area contributed by atoms with Gasteiger partial charge in [-0.15, -0.1) is 0 Å². The summed E-state index contributed by atoms with van der Waals surface area (Å²) in [5, 5.41) is 7.27. The van der Waals surface area contributed by atoms with Crippen LogP contribution in [0.4, 0.5) is 0 Å². The second kappa shape index (κ2) is 3.42. The second-order valence-corrected chi connectivity index (χ2v) is 3.72. The highest BCUT2D eigenvalue weighted by Gasteiger charge is 2.33. The molecule has 5 heteroatoms. The molecular weight excluding hydrogens is 180 g/mol. The molecule has 5 nitrogen and oxygen atoms in total. The van der Waals surface area contributed by atoms with Crippen LogP contribution in [-0.2, 0) is 11.8 Å². The van der Waals surface area contributed by atoms with Crippen LogP contribution < -0.4 is 11.1 Å². The van der Waals surface area contributed by atoms with E-state index in [4.69, 9.17) is 5.73 Å². The number of aromatic nitrogens is 2. The molecule has 0 aromatic carbocycles. The summed E-state index contributed by atoms with van der Waals surface area (Å²) in [5.74, 6) is -0.149. The molecule has 1 aromatic heterocycles. The van der Waals surface area contributed by atoms with Gasteiger partial charge in [-0.25, -0.2) is 0 Å². The van der Waals surface area contributed by atoms with Gasteiger partial charge in [0.1, 0.15) is 0 Å². The largest absolute Gasteiger partial charge is 0.369 e. The zero-order valence-electron chi connectivity index (χ0n) is 8.10. The number of aryl methyl sites for hydroxylation is 1. The molecule has 1 fully saturated rings. The molecule has 0 aliphatic carbocycles. The number of nitrogens with zero attached hydrogens (tertiary/aromatic N) is 2. The molecule has 3 N–H and O–H groups in total. The molecule has 0 radical (unpaired) electrons. The molecule has 1 aromatic rings. The van der Waals surface area contributed by atoms with Crippen molar-refractivity contribution >= 4 is 5.91 Å². The van der Waals surface area contributed by atoms with Gasteiger partial charge in [0.2, 0.25) is 5.91 Å². The van der Waals surface area contributed by atoms with E-state index in [1.165, 1.54) is 0 Å². The number of primary amides is 1. The zero-order chi connectivity index (χ0) is 10.1. The van der Waals surface area contributed by atoms with Gasteiger partial charge in [0.25, 0.3) is 0 Å². The Hall–Kier alpha value is -1.36. The minimum Gasteiger partial charge on any atom is -0.369 e. The van der Waals surface area contributed by atoms with Crippen LogP contribution in [0.5, 0.6) is 0 Å².